The van der Waals surface area contributed by atoms with Crippen LogP contribution in [0.4, 0.5) is 5.82 Å². The fraction of sp³-hybridized carbons (Fsp3) is 0.556. The molecule has 1 atom stereocenters. The van der Waals surface area contributed by atoms with E-state index < -0.39 is 6.04 Å². The molecule has 0 radical (unpaired) electrons. The van der Waals surface area contributed by atoms with Crippen molar-refractivity contribution in [3.8, 4) is 0 Å². The molecule has 1 heterocycles. The summed E-state index contributed by atoms with van der Waals surface area (Å²) in [6, 6.07) is -0.458. The van der Waals surface area contributed by atoms with E-state index in [-0.39, 0.29) is 5.91 Å². The van der Waals surface area contributed by atoms with Crippen molar-refractivity contribution in [3.63, 3.8) is 0 Å². The number of H-pyrrole nitrogens is 1. The number of aromatic nitrogens is 2. The van der Waals surface area contributed by atoms with Gasteiger partial charge in [-0.05, 0) is 25.4 Å². The van der Waals surface area contributed by atoms with Crippen LogP contribution in [-0.4, -0.2) is 34.2 Å². The summed E-state index contributed by atoms with van der Waals surface area (Å²) in [5, 5.41) is 9.22. The second-order valence-electron chi connectivity index (χ2n) is 3.31. The average molecular weight is 228 g/mol. The van der Waals surface area contributed by atoms with Crippen molar-refractivity contribution in [2.45, 2.75) is 19.4 Å². The van der Waals surface area contributed by atoms with E-state index in [1.807, 2.05) is 13.2 Å². The lowest BCUT2D eigenvalue weighted by atomic mass is 10.2. The number of thioether (sulfide) groups is 1. The molecule has 0 aliphatic heterocycles. The molecule has 0 saturated heterocycles. The van der Waals surface area contributed by atoms with Gasteiger partial charge in [0.1, 0.15) is 5.82 Å². The van der Waals surface area contributed by atoms with Gasteiger partial charge in [-0.2, -0.15) is 16.9 Å². The predicted octanol–water partition coefficient (Wildman–Crippen LogP) is 0.737. The van der Waals surface area contributed by atoms with Crippen LogP contribution < -0.4 is 11.1 Å². The van der Waals surface area contributed by atoms with Gasteiger partial charge in [0.2, 0.25) is 5.91 Å². The number of nitrogens with zero attached hydrogens (tertiary/aromatic N) is 1. The molecular weight excluding hydrogens is 212 g/mol. The molecule has 5 nitrogen and oxygen atoms in total. The molecule has 0 unspecified atom stereocenters. The number of anilines is 1. The molecule has 0 aliphatic carbocycles. The van der Waals surface area contributed by atoms with Crippen molar-refractivity contribution < 1.29 is 4.79 Å². The van der Waals surface area contributed by atoms with Crippen LogP contribution in [0, 0.1) is 6.92 Å². The van der Waals surface area contributed by atoms with Gasteiger partial charge in [-0.25, -0.2) is 0 Å². The molecule has 6 heteroatoms. The van der Waals surface area contributed by atoms with Crippen molar-refractivity contribution in [3.05, 3.63) is 11.8 Å². The quantitative estimate of drug-likeness (QED) is 0.694. The van der Waals surface area contributed by atoms with Crippen LogP contribution in [0.25, 0.3) is 0 Å². The zero-order valence-electron chi connectivity index (χ0n) is 8.91. The zero-order valence-corrected chi connectivity index (χ0v) is 9.73. The summed E-state index contributed by atoms with van der Waals surface area (Å²) < 4.78 is 0. The maximum absolute atomic E-state index is 11.6. The number of nitrogens with two attached hydrogens (primary N) is 1. The molecule has 0 aliphatic rings. The normalized spacial score (nSPS) is 12.5. The maximum Gasteiger partial charge on any atom is 0.242 e. The van der Waals surface area contributed by atoms with Gasteiger partial charge in [-0.3, -0.25) is 9.89 Å². The number of carbonyl (C=O) groups is 1. The Bertz CT molecular complexity index is 326. The molecule has 0 fully saturated rings. The van der Waals surface area contributed by atoms with Crippen molar-refractivity contribution in [2.75, 3.05) is 17.3 Å². The highest BCUT2D eigenvalue weighted by Gasteiger charge is 2.14. The lowest BCUT2D eigenvalue weighted by Crippen LogP contribution is -2.36. The minimum atomic E-state index is -0.458. The van der Waals surface area contributed by atoms with Crippen LogP contribution in [0.15, 0.2) is 6.20 Å². The number of aryl methyl sites for hydroxylation is 1. The highest BCUT2D eigenvalue weighted by atomic mass is 32.2. The van der Waals surface area contributed by atoms with Gasteiger partial charge in [-0.1, -0.05) is 0 Å². The van der Waals surface area contributed by atoms with Crippen molar-refractivity contribution >= 4 is 23.5 Å². The summed E-state index contributed by atoms with van der Waals surface area (Å²) in [5.41, 5.74) is 6.61. The van der Waals surface area contributed by atoms with E-state index in [0.29, 0.717) is 12.2 Å². The molecule has 15 heavy (non-hydrogen) atoms. The number of amides is 1. The van der Waals surface area contributed by atoms with Gasteiger partial charge >= 0.3 is 0 Å². The summed E-state index contributed by atoms with van der Waals surface area (Å²) in [5.74, 6) is 1.34. The van der Waals surface area contributed by atoms with E-state index >= 15 is 0 Å². The summed E-state index contributed by atoms with van der Waals surface area (Å²) in [7, 11) is 0. The van der Waals surface area contributed by atoms with Gasteiger partial charge in [0.25, 0.3) is 0 Å². The summed E-state index contributed by atoms with van der Waals surface area (Å²) >= 11 is 1.68. The molecule has 1 aromatic heterocycles. The first-order valence-electron chi connectivity index (χ1n) is 4.70. The minimum absolute atomic E-state index is 0.170. The van der Waals surface area contributed by atoms with Crippen LogP contribution in [-0.2, 0) is 4.79 Å². The molecular formula is C9H16N4OS. The van der Waals surface area contributed by atoms with Crippen molar-refractivity contribution in [1.29, 1.82) is 0 Å². The lowest BCUT2D eigenvalue weighted by Gasteiger charge is -2.10. The first kappa shape index (κ1) is 12.1. The monoisotopic (exact) mass is 228 g/mol. The Kier molecular flexibility index (Phi) is 4.64. The molecule has 0 saturated carbocycles. The first-order chi connectivity index (χ1) is 7.15. The highest BCUT2D eigenvalue weighted by molar-refractivity contribution is 7.98. The van der Waals surface area contributed by atoms with Crippen LogP contribution in [0.1, 0.15) is 12.0 Å². The molecule has 4 N–H and O–H groups in total. The topological polar surface area (TPSA) is 83.8 Å². The molecule has 0 spiro atoms. The summed E-state index contributed by atoms with van der Waals surface area (Å²) in [6.07, 6.45) is 4.33. The Morgan fingerprint density at radius 1 is 1.80 bits per heavy atom. The third-order valence-electron chi connectivity index (χ3n) is 2.05. The van der Waals surface area contributed by atoms with E-state index in [4.69, 9.17) is 5.73 Å². The van der Waals surface area contributed by atoms with E-state index in [1.54, 1.807) is 18.0 Å². The molecule has 1 amide bonds. The average Bonchev–Trinajstić information content (AvgIpc) is 2.61. The molecule has 1 aromatic rings. The number of nitrogens with one attached hydrogen (secondary N) is 2. The van der Waals surface area contributed by atoms with Gasteiger partial charge in [0.15, 0.2) is 0 Å². The van der Waals surface area contributed by atoms with Crippen LogP contribution in [0.3, 0.4) is 0 Å². The standard InChI is InChI=1S/C9H16N4OS/c1-6-5-11-13-8(6)12-9(14)7(10)3-4-15-2/h5,7H,3-4,10H2,1-2H3,(H2,11,12,13,14)/t7-/m1/s1. The van der Waals surface area contributed by atoms with Crippen LogP contribution in [0.2, 0.25) is 0 Å². The smallest absolute Gasteiger partial charge is 0.242 e. The zero-order chi connectivity index (χ0) is 11.3. The van der Waals surface area contributed by atoms with E-state index in [1.165, 1.54) is 0 Å². The Hall–Kier alpha value is -1.01. The van der Waals surface area contributed by atoms with Gasteiger partial charge in [0, 0.05) is 5.56 Å². The first-order valence-corrected chi connectivity index (χ1v) is 6.10. The number of rotatable bonds is 5. The van der Waals surface area contributed by atoms with Crippen LogP contribution in [0.5, 0.6) is 0 Å². The second kappa shape index (κ2) is 5.77. The minimum Gasteiger partial charge on any atom is -0.320 e. The lowest BCUT2D eigenvalue weighted by molar-refractivity contribution is -0.117. The Labute approximate surface area is 93.2 Å². The van der Waals surface area contributed by atoms with Gasteiger partial charge in [0.05, 0.1) is 12.2 Å². The summed E-state index contributed by atoms with van der Waals surface area (Å²) in [6.45, 7) is 1.87. The van der Waals surface area contributed by atoms with Gasteiger partial charge < -0.3 is 11.1 Å². The molecule has 0 aromatic carbocycles. The fourth-order valence-corrected chi connectivity index (χ4v) is 1.55. The van der Waals surface area contributed by atoms with Gasteiger partial charge in [-0.15, -0.1) is 0 Å². The van der Waals surface area contributed by atoms with E-state index in [0.717, 1.165) is 11.3 Å². The molecule has 1 rings (SSSR count). The van der Waals surface area contributed by atoms with Crippen molar-refractivity contribution in [1.82, 2.24) is 10.2 Å². The molecule has 84 valence electrons. The predicted molar refractivity (Wildman–Crippen MR) is 62.9 cm³/mol. The number of hydrogen-bond acceptors (Lipinski definition) is 4. The number of aromatic amines is 1. The number of carbonyl (C=O) groups excluding carboxylic acids is 1. The third-order valence-corrected chi connectivity index (χ3v) is 2.69. The van der Waals surface area contributed by atoms with Crippen LogP contribution >= 0.6 is 11.8 Å². The third kappa shape index (κ3) is 3.56. The number of hydrogen-bond donors (Lipinski definition) is 3. The maximum atomic E-state index is 11.6. The largest absolute Gasteiger partial charge is 0.320 e. The Morgan fingerprint density at radius 2 is 2.53 bits per heavy atom. The molecule has 0 bridgehead atoms. The fourth-order valence-electron chi connectivity index (χ4n) is 1.06. The highest BCUT2D eigenvalue weighted by Crippen LogP contribution is 2.09. The van der Waals surface area contributed by atoms with E-state index in [2.05, 4.69) is 15.5 Å². The van der Waals surface area contributed by atoms with E-state index in [9.17, 15) is 4.79 Å². The Balaban J connectivity index is 2.45. The SMILES string of the molecule is CSCC[C@@H](N)C(=O)Nc1[nH]ncc1C. The summed E-state index contributed by atoms with van der Waals surface area (Å²) in [4.78, 5) is 11.6. The Morgan fingerprint density at radius 3 is 3.07 bits per heavy atom. The second-order valence-corrected chi connectivity index (χ2v) is 4.29. The van der Waals surface area contributed by atoms with Crippen molar-refractivity contribution in [2.24, 2.45) is 5.73 Å².